The lowest BCUT2D eigenvalue weighted by atomic mass is 10.2. The number of thioether (sulfide) groups is 1. The Bertz CT molecular complexity index is 951. The molecule has 1 heterocycles. The van der Waals surface area contributed by atoms with Crippen molar-refractivity contribution in [2.45, 2.75) is 24.8 Å². The predicted octanol–water partition coefficient (Wildman–Crippen LogP) is 3.90. The molecule has 28 heavy (non-hydrogen) atoms. The smallest absolute Gasteiger partial charge is 0.277 e. The molecular weight excluding hydrogens is 388 g/mol. The molecule has 0 aliphatic carbocycles. The number of rotatable bonds is 8. The van der Waals surface area contributed by atoms with Gasteiger partial charge in [-0.15, -0.1) is 10.2 Å². The summed E-state index contributed by atoms with van der Waals surface area (Å²) in [6.07, 6.45) is -0.659. The second-order valence-electron chi connectivity index (χ2n) is 5.75. The van der Waals surface area contributed by atoms with E-state index < -0.39 is 11.9 Å². The fourth-order valence-electron chi connectivity index (χ4n) is 2.24. The molecule has 2 aromatic carbocycles. The van der Waals surface area contributed by atoms with E-state index in [1.165, 1.54) is 18.2 Å². The van der Waals surface area contributed by atoms with E-state index in [1.807, 2.05) is 0 Å². The highest BCUT2D eigenvalue weighted by atomic mass is 32.2. The van der Waals surface area contributed by atoms with Gasteiger partial charge in [-0.2, -0.15) is 0 Å². The highest BCUT2D eigenvalue weighted by Crippen LogP contribution is 2.25. The standard InChI is InChI=1S/C19H17F2N3O3S/c1-12(26-16-9-5-4-8-15(16)21)18-23-24-19(27-18)28-11-17(25)22-10-13-6-2-3-7-14(13)20/h2-9,12H,10-11H2,1H3,(H,22,25)/t12-/m0/s1. The zero-order chi connectivity index (χ0) is 19.9. The number of para-hydroxylation sites is 1. The number of hydrogen-bond acceptors (Lipinski definition) is 6. The Kier molecular flexibility index (Phi) is 6.59. The number of nitrogens with one attached hydrogen (secondary N) is 1. The monoisotopic (exact) mass is 405 g/mol. The van der Waals surface area contributed by atoms with Crippen molar-refractivity contribution in [2.24, 2.45) is 0 Å². The Hall–Kier alpha value is -2.94. The van der Waals surface area contributed by atoms with Crippen LogP contribution in [0.1, 0.15) is 24.5 Å². The van der Waals surface area contributed by atoms with Crippen molar-refractivity contribution in [3.05, 3.63) is 71.6 Å². The molecule has 1 atom stereocenters. The average molecular weight is 405 g/mol. The van der Waals surface area contributed by atoms with E-state index in [9.17, 15) is 13.6 Å². The van der Waals surface area contributed by atoms with E-state index in [4.69, 9.17) is 9.15 Å². The summed E-state index contributed by atoms with van der Waals surface area (Å²) in [6.45, 7) is 1.74. The van der Waals surface area contributed by atoms with Crippen LogP contribution in [0.5, 0.6) is 5.75 Å². The molecule has 0 aliphatic heterocycles. The van der Waals surface area contributed by atoms with Crippen LogP contribution in [0.4, 0.5) is 8.78 Å². The SMILES string of the molecule is C[C@H](Oc1ccccc1F)c1nnc(SCC(=O)NCc2ccccc2F)o1. The minimum absolute atomic E-state index is 0.0264. The minimum Gasteiger partial charge on any atom is -0.478 e. The van der Waals surface area contributed by atoms with Gasteiger partial charge in [0.25, 0.3) is 11.1 Å². The summed E-state index contributed by atoms with van der Waals surface area (Å²) >= 11 is 1.04. The molecule has 6 nitrogen and oxygen atoms in total. The first-order valence-corrected chi connectivity index (χ1v) is 9.39. The van der Waals surface area contributed by atoms with Gasteiger partial charge < -0.3 is 14.5 Å². The van der Waals surface area contributed by atoms with Crippen molar-refractivity contribution in [3.8, 4) is 5.75 Å². The molecule has 1 N–H and O–H groups in total. The lowest BCUT2D eigenvalue weighted by Crippen LogP contribution is -2.25. The molecule has 0 bridgehead atoms. The molecule has 0 saturated heterocycles. The van der Waals surface area contributed by atoms with Gasteiger partial charge in [0.2, 0.25) is 5.91 Å². The number of hydrogen-bond donors (Lipinski definition) is 1. The summed E-state index contributed by atoms with van der Waals surface area (Å²) < 4.78 is 38.1. The maximum Gasteiger partial charge on any atom is 0.277 e. The van der Waals surface area contributed by atoms with Crippen LogP contribution < -0.4 is 10.1 Å². The Morgan fingerprint density at radius 1 is 1.14 bits per heavy atom. The molecule has 1 amide bonds. The number of aromatic nitrogens is 2. The van der Waals surface area contributed by atoms with Gasteiger partial charge in [-0.05, 0) is 25.1 Å². The van der Waals surface area contributed by atoms with Gasteiger partial charge in [-0.1, -0.05) is 42.1 Å². The molecule has 146 valence electrons. The summed E-state index contributed by atoms with van der Waals surface area (Å²) in [5.41, 5.74) is 0.403. The molecule has 9 heteroatoms. The molecule has 3 rings (SSSR count). The molecule has 0 aliphatic rings. The van der Waals surface area contributed by atoms with Crippen molar-refractivity contribution in [1.29, 1.82) is 0 Å². The third kappa shape index (κ3) is 5.29. The van der Waals surface area contributed by atoms with Crippen molar-refractivity contribution >= 4 is 17.7 Å². The number of ether oxygens (including phenoxy) is 1. The van der Waals surface area contributed by atoms with Gasteiger partial charge in [0.05, 0.1) is 5.75 Å². The molecule has 3 aromatic rings. The van der Waals surface area contributed by atoms with Crippen LogP contribution in [0.25, 0.3) is 0 Å². The van der Waals surface area contributed by atoms with E-state index in [0.29, 0.717) is 5.56 Å². The summed E-state index contributed by atoms with van der Waals surface area (Å²) in [6, 6.07) is 12.2. The Labute approximate surface area is 164 Å². The van der Waals surface area contributed by atoms with Gasteiger partial charge in [0, 0.05) is 12.1 Å². The molecule has 1 aromatic heterocycles. The van der Waals surface area contributed by atoms with Crippen LogP contribution in [0.15, 0.2) is 58.2 Å². The number of benzene rings is 2. The van der Waals surface area contributed by atoms with Crippen LogP contribution in [-0.2, 0) is 11.3 Å². The number of nitrogens with zero attached hydrogens (tertiary/aromatic N) is 2. The average Bonchev–Trinajstić information content (AvgIpc) is 3.17. The fraction of sp³-hybridized carbons (Fsp3) is 0.211. The van der Waals surface area contributed by atoms with Crippen LogP contribution in [0.3, 0.4) is 0 Å². The Balaban J connectivity index is 1.48. The van der Waals surface area contributed by atoms with Crippen LogP contribution in [0.2, 0.25) is 0 Å². The summed E-state index contributed by atoms with van der Waals surface area (Å²) in [7, 11) is 0. The lowest BCUT2D eigenvalue weighted by molar-refractivity contribution is -0.118. The van der Waals surface area contributed by atoms with E-state index in [2.05, 4.69) is 15.5 Å². The fourth-order valence-corrected chi connectivity index (χ4v) is 2.84. The zero-order valence-corrected chi connectivity index (χ0v) is 15.7. The molecule has 0 radical (unpaired) electrons. The third-order valence-electron chi connectivity index (χ3n) is 3.67. The molecule has 0 unspecified atom stereocenters. The van der Waals surface area contributed by atoms with E-state index in [1.54, 1.807) is 37.3 Å². The Morgan fingerprint density at radius 3 is 2.61 bits per heavy atom. The van der Waals surface area contributed by atoms with Crippen molar-refractivity contribution in [2.75, 3.05) is 5.75 Å². The maximum atomic E-state index is 13.6. The first kappa shape index (κ1) is 19.8. The quantitative estimate of drug-likeness (QED) is 0.573. The number of carbonyl (C=O) groups is 1. The lowest BCUT2D eigenvalue weighted by Gasteiger charge is -2.11. The van der Waals surface area contributed by atoms with Crippen molar-refractivity contribution in [1.82, 2.24) is 15.5 Å². The second-order valence-corrected chi connectivity index (χ2v) is 6.68. The topological polar surface area (TPSA) is 77.2 Å². The van der Waals surface area contributed by atoms with Gasteiger partial charge in [0.15, 0.2) is 17.7 Å². The summed E-state index contributed by atoms with van der Waals surface area (Å²) in [5.74, 6) is -0.898. The van der Waals surface area contributed by atoms with Crippen LogP contribution >= 0.6 is 11.8 Å². The summed E-state index contributed by atoms with van der Waals surface area (Å²) in [4.78, 5) is 11.9. The maximum absolute atomic E-state index is 13.6. The zero-order valence-electron chi connectivity index (χ0n) is 14.9. The molecular formula is C19H17F2N3O3S. The van der Waals surface area contributed by atoms with Crippen molar-refractivity contribution < 1.29 is 22.7 Å². The number of carbonyl (C=O) groups excluding carboxylic acids is 1. The predicted molar refractivity (Wildman–Crippen MR) is 98.7 cm³/mol. The highest BCUT2D eigenvalue weighted by molar-refractivity contribution is 7.99. The Morgan fingerprint density at radius 2 is 1.86 bits per heavy atom. The molecule has 0 fully saturated rings. The van der Waals surface area contributed by atoms with Gasteiger partial charge >= 0.3 is 0 Å². The number of amides is 1. The minimum atomic E-state index is -0.659. The highest BCUT2D eigenvalue weighted by Gasteiger charge is 2.18. The largest absolute Gasteiger partial charge is 0.478 e. The van der Waals surface area contributed by atoms with Gasteiger partial charge in [0.1, 0.15) is 5.82 Å². The second kappa shape index (κ2) is 9.32. The van der Waals surface area contributed by atoms with E-state index >= 15 is 0 Å². The summed E-state index contributed by atoms with van der Waals surface area (Å²) in [5, 5.41) is 10.5. The van der Waals surface area contributed by atoms with Crippen LogP contribution in [0, 0.1) is 11.6 Å². The molecule has 0 spiro atoms. The van der Waals surface area contributed by atoms with E-state index in [-0.39, 0.29) is 40.9 Å². The van der Waals surface area contributed by atoms with Crippen molar-refractivity contribution in [3.63, 3.8) is 0 Å². The number of halogens is 2. The molecule has 0 saturated carbocycles. The first-order valence-electron chi connectivity index (χ1n) is 8.40. The first-order chi connectivity index (χ1) is 13.5. The van der Waals surface area contributed by atoms with Gasteiger partial charge in [-0.25, -0.2) is 8.78 Å². The third-order valence-corrected chi connectivity index (χ3v) is 4.49. The van der Waals surface area contributed by atoms with Gasteiger partial charge in [-0.3, -0.25) is 4.79 Å². The van der Waals surface area contributed by atoms with Crippen LogP contribution in [-0.4, -0.2) is 21.9 Å². The normalized spacial score (nSPS) is 11.8. The van der Waals surface area contributed by atoms with E-state index in [0.717, 1.165) is 11.8 Å².